The molecule has 0 unspecified atom stereocenters. The Hall–Kier alpha value is 1.15. The van der Waals surface area contributed by atoms with Gasteiger partial charge in [0, 0.05) is 0 Å². The van der Waals surface area contributed by atoms with Gasteiger partial charge in [-0.3, -0.25) is 0 Å². The molecule has 0 aromatic carbocycles. The summed E-state index contributed by atoms with van der Waals surface area (Å²) in [6.07, 6.45) is 8.70. The van der Waals surface area contributed by atoms with Gasteiger partial charge >= 0.3 is 111 Å². The Labute approximate surface area is 111 Å². The van der Waals surface area contributed by atoms with Gasteiger partial charge in [-0.15, -0.1) is 0 Å². The molecule has 0 aromatic rings. The molecule has 0 aliphatic rings. The van der Waals surface area contributed by atoms with Gasteiger partial charge in [0.25, 0.3) is 0 Å². The van der Waals surface area contributed by atoms with Crippen LogP contribution in [0.5, 0.6) is 0 Å². The van der Waals surface area contributed by atoms with E-state index >= 15 is 0 Å². The van der Waals surface area contributed by atoms with Crippen LogP contribution in [0.25, 0.3) is 0 Å². The number of unbranched alkanes of at least 4 members (excludes halogenated alkanes) is 5. The number of rotatable bonds is 11. The molecule has 0 rings (SSSR count). The first kappa shape index (κ1) is 17.1. The molecule has 98 valence electrons. The second-order valence-electron chi connectivity index (χ2n) is 4.86. The van der Waals surface area contributed by atoms with Crippen molar-refractivity contribution in [3.63, 3.8) is 0 Å². The summed E-state index contributed by atoms with van der Waals surface area (Å²) >= 11 is -1.63. The van der Waals surface area contributed by atoms with E-state index in [1.807, 2.05) is 0 Å². The van der Waals surface area contributed by atoms with Gasteiger partial charge in [0.2, 0.25) is 0 Å². The molecule has 0 amide bonds. The van der Waals surface area contributed by atoms with Crippen LogP contribution in [-0.4, -0.2) is 22.7 Å². The van der Waals surface area contributed by atoms with Crippen LogP contribution < -0.4 is 0 Å². The predicted octanol–water partition coefficient (Wildman–Crippen LogP) is 6.09. The van der Waals surface area contributed by atoms with E-state index in [2.05, 4.69) is 36.6 Å². The first-order valence-corrected chi connectivity index (χ1v) is 17.9. The molecule has 0 radical (unpaired) electrons. The molecule has 0 atom stereocenters. The van der Waals surface area contributed by atoms with Crippen molar-refractivity contribution >= 4 is 25.9 Å². The minimum absolute atomic E-state index is 1.37. The zero-order chi connectivity index (χ0) is 12.3. The molecule has 0 saturated heterocycles. The van der Waals surface area contributed by atoms with Crippen molar-refractivity contribution in [3.8, 4) is 0 Å². The summed E-state index contributed by atoms with van der Waals surface area (Å²) < 4.78 is 4.63. The van der Waals surface area contributed by atoms with E-state index in [9.17, 15) is 0 Å². The number of hydrogen-bond acceptors (Lipinski definition) is 1. The summed E-state index contributed by atoms with van der Waals surface area (Å²) in [6.45, 7) is 9.62. The molecule has 0 fully saturated rings. The Balaban J connectivity index is 3.48. The summed E-state index contributed by atoms with van der Waals surface area (Å²) in [4.78, 5) is 0. The van der Waals surface area contributed by atoms with Crippen molar-refractivity contribution < 1.29 is 0 Å². The van der Waals surface area contributed by atoms with Gasteiger partial charge in [-0.1, -0.05) is 0 Å². The van der Waals surface area contributed by atoms with Crippen LogP contribution in [0.4, 0.5) is 0 Å². The van der Waals surface area contributed by atoms with Gasteiger partial charge < -0.3 is 0 Å². The molecule has 0 aliphatic carbocycles. The molecule has 0 bridgehead atoms. The zero-order valence-corrected chi connectivity index (χ0v) is 15.6. The Morgan fingerprint density at radius 3 is 1.69 bits per heavy atom. The molecule has 0 saturated carbocycles. The summed E-state index contributed by atoms with van der Waals surface area (Å²) in [7, 11) is 2.44. The molecule has 0 spiro atoms. The van der Waals surface area contributed by atoms with E-state index < -0.39 is 17.0 Å². The topological polar surface area (TPSA) is 0 Å². The fourth-order valence-electron chi connectivity index (χ4n) is 2.23. The molecule has 0 nitrogen and oxygen atoms in total. The van der Waals surface area contributed by atoms with Crippen molar-refractivity contribution in [1.82, 2.24) is 0 Å². The van der Waals surface area contributed by atoms with Crippen molar-refractivity contribution in [2.24, 2.45) is 0 Å². The van der Waals surface area contributed by atoms with Crippen molar-refractivity contribution in [1.29, 1.82) is 0 Å². The average Bonchev–Trinajstić information content (AvgIpc) is 2.34. The van der Waals surface area contributed by atoms with Crippen LogP contribution in [0.1, 0.15) is 66.2 Å². The van der Waals surface area contributed by atoms with Gasteiger partial charge in [-0.25, -0.2) is 0 Å². The maximum atomic E-state index is 2.44. The molecule has 0 aromatic heterocycles. The van der Waals surface area contributed by atoms with Gasteiger partial charge in [-0.05, 0) is 0 Å². The monoisotopic (exact) mass is 352 g/mol. The molecule has 0 aliphatic heterocycles. The van der Waals surface area contributed by atoms with E-state index in [1.165, 1.54) is 44.3 Å². The second-order valence-corrected chi connectivity index (χ2v) is 26.6. The van der Waals surface area contributed by atoms with Crippen LogP contribution in [0.2, 0.25) is 13.3 Å². The van der Waals surface area contributed by atoms with E-state index in [4.69, 9.17) is 0 Å². The quantitative estimate of drug-likeness (QED) is 0.321. The average molecular weight is 351 g/mol. The first-order valence-electron chi connectivity index (χ1n) is 7.38. The Bertz CT molecular complexity index is 135. The van der Waals surface area contributed by atoms with Crippen LogP contribution in [0, 0.1) is 0 Å². The Morgan fingerprint density at radius 1 is 0.688 bits per heavy atom. The Kier molecular flexibility index (Phi) is 12.1. The summed E-state index contributed by atoms with van der Waals surface area (Å²) in [5.41, 5.74) is 0. The molecular weight excluding hydrogens is 319 g/mol. The summed E-state index contributed by atoms with van der Waals surface area (Å²) in [6, 6.07) is 0. The fourth-order valence-corrected chi connectivity index (χ4v) is 18.1. The van der Waals surface area contributed by atoms with E-state index in [0.29, 0.717) is 0 Å². The summed E-state index contributed by atoms with van der Waals surface area (Å²) in [5.74, 6) is 1.47. The molecule has 2 heteroatoms. The third kappa shape index (κ3) is 7.47. The van der Waals surface area contributed by atoms with E-state index in [1.54, 1.807) is 13.3 Å². The minimum atomic E-state index is -1.63. The van der Waals surface area contributed by atoms with Gasteiger partial charge in [0.15, 0.2) is 0 Å². The van der Waals surface area contributed by atoms with Gasteiger partial charge in [-0.2, -0.15) is 0 Å². The fraction of sp³-hybridized carbons (Fsp3) is 1.00. The zero-order valence-electron chi connectivity index (χ0n) is 12.0. The van der Waals surface area contributed by atoms with Crippen LogP contribution in [0.15, 0.2) is 0 Å². The molecular formula is C14H32SSn. The normalized spacial score (nSPS) is 12.0. The van der Waals surface area contributed by atoms with Gasteiger partial charge in [0.1, 0.15) is 0 Å². The van der Waals surface area contributed by atoms with Crippen LogP contribution in [-0.2, 0) is 0 Å². The van der Waals surface area contributed by atoms with Crippen molar-refractivity contribution in [2.45, 2.75) is 79.5 Å². The molecule has 0 N–H and O–H groups in total. The van der Waals surface area contributed by atoms with Gasteiger partial charge in [0.05, 0.1) is 0 Å². The third-order valence-corrected chi connectivity index (χ3v) is 28.8. The Morgan fingerprint density at radius 2 is 1.19 bits per heavy atom. The third-order valence-electron chi connectivity index (χ3n) is 3.84. The summed E-state index contributed by atoms with van der Waals surface area (Å²) in [5, 5.41) is 0. The molecule has 0 heterocycles. The maximum absolute atomic E-state index is 2.44. The predicted molar refractivity (Wildman–Crippen MR) is 83.0 cm³/mol. The first-order chi connectivity index (χ1) is 7.74. The van der Waals surface area contributed by atoms with Crippen molar-refractivity contribution in [3.05, 3.63) is 0 Å². The van der Waals surface area contributed by atoms with Crippen LogP contribution in [0.3, 0.4) is 0 Å². The number of hydrogen-bond donors (Lipinski definition) is 0. The SMILES string of the molecule is CCCCCCCC[S][Sn]([CH2]C)([CH2]C)[CH2]C. The molecule has 16 heavy (non-hydrogen) atoms. The second kappa shape index (κ2) is 11.3. The van der Waals surface area contributed by atoms with Crippen LogP contribution >= 0.6 is 8.95 Å². The van der Waals surface area contributed by atoms with E-state index in [0.717, 1.165) is 0 Å². The van der Waals surface area contributed by atoms with Crippen molar-refractivity contribution in [2.75, 3.05) is 5.75 Å². The standard InChI is InChI=1S/C8H18S.3C2H5.Sn/c1-2-3-4-5-6-7-8-9;3*1-2;/h9H,2-8H2,1H3;3*1H2,2H3;/q;;;;+1/p-1. The van der Waals surface area contributed by atoms with E-state index in [-0.39, 0.29) is 0 Å².